The lowest BCUT2D eigenvalue weighted by molar-refractivity contribution is -0.189. The molecule has 0 aliphatic heterocycles. The Hall–Kier alpha value is -1.38. The minimum Gasteiger partial charge on any atom is -0.444 e. The SMILES string of the molecule is C#C[C@@H](CC1(C(F)(F)F)CC1)NC(=O)OC(C)(C)C. The van der Waals surface area contributed by atoms with Crippen molar-refractivity contribution in [2.75, 3.05) is 0 Å². The molecule has 1 aliphatic carbocycles. The first-order valence-corrected chi connectivity index (χ1v) is 6.01. The van der Waals surface area contributed by atoms with E-state index >= 15 is 0 Å². The molecule has 0 aromatic rings. The summed E-state index contributed by atoms with van der Waals surface area (Å²) in [6, 6.07) is -0.973. The topological polar surface area (TPSA) is 38.3 Å². The van der Waals surface area contributed by atoms with Crippen LogP contribution in [-0.4, -0.2) is 23.9 Å². The maximum absolute atomic E-state index is 12.8. The van der Waals surface area contributed by atoms with Gasteiger partial charge in [0.1, 0.15) is 5.60 Å². The smallest absolute Gasteiger partial charge is 0.408 e. The molecule has 1 rings (SSSR count). The fraction of sp³-hybridized carbons (Fsp3) is 0.769. The summed E-state index contributed by atoms with van der Waals surface area (Å²) in [7, 11) is 0. The standard InChI is InChI=1S/C13H18F3NO2/c1-5-9(17-10(18)19-11(2,3)4)8-12(6-7-12)13(14,15)16/h1,9H,6-8H2,2-4H3,(H,17,18)/t9-/m0/s1. The Kier molecular flexibility index (Phi) is 4.08. The fourth-order valence-corrected chi connectivity index (χ4v) is 1.75. The molecule has 1 aliphatic rings. The minimum absolute atomic E-state index is 0.0602. The van der Waals surface area contributed by atoms with Crippen LogP contribution in [0.2, 0.25) is 0 Å². The van der Waals surface area contributed by atoms with Crippen molar-refractivity contribution in [1.29, 1.82) is 0 Å². The number of hydrogen-bond donors (Lipinski definition) is 1. The van der Waals surface area contributed by atoms with E-state index in [9.17, 15) is 18.0 Å². The summed E-state index contributed by atoms with van der Waals surface area (Å²) in [5.74, 6) is 2.17. The average molecular weight is 277 g/mol. The maximum Gasteiger partial charge on any atom is 0.408 e. The quantitative estimate of drug-likeness (QED) is 0.804. The lowest BCUT2D eigenvalue weighted by Crippen LogP contribution is -2.41. The molecule has 0 saturated heterocycles. The summed E-state index contributed by atoms with van der Waals surface area (Å²) < 4.78 is 43.3. The molecule has 0 radical (unpaired) electrons. The molecular weight excluding hydrogens is 259 g/mol. The second-order valence-electron chi connectivity index (χ2n) is 5.85. The normalized spacial score (nSPS) is 19.2. The first-order valence-electron chi connectivity index (χ1n) is 6.01. The molecule has 6 heteroatoms. The third kappa shape index (κ3) is 4.34. The van der Waals surface area contributed by atoms with Crippen molar-refractivity contribution in [1.82, 2.24) is 5.32 Å². The molecule has 0 aromatic heterocycles. The number of alkyl halides is 3. The Morgan fingerprint density at radius 2 is 1.95 bits per heavy atom. The van der Waals surface area contributed by atoms with Crippen molar-refractivity contribution in [2.24, 2.45) is 5.41 Å². The van der Waals surface area contributed by atoms with Gasteiger partial charge in [-0.25, -0.2) is 4.79 Å². The Labute approximate surface area is 110 Å². The highest BCUT2D eigenvalue weighted by Crippen LogP contribution is 2.60. The summed E-state index contributed by atoms with van der Waals surface area (Å²) in [6.07, 6.45) is -0.0813. The number of terminal acetylenes is 1. The van der Waals surface area contributed by atoms with E-state index in [0.717, 1.165) is 0 Å². The molecule has 0 bridgehead atoms. The van der Waals surface area contributed by atoms with Gasteiger partial charge in [-0.15, -0.1) is 6.42 Å². The van der Waals surface area contributed by atoms with Crippen molar-refractivity contribution in [3.05, 3.63) is 0 Å². The third-order valence-electron chi connectivity index (χ3n) is 2.94. The maximum atomic E-state index is 12.8. The Morgan fingerprint density at radius 1 is 1.42 bits per heavy atom. The number of nitrogens with one attached hydrogen (secondary N) is 1. The predicted molar refractivity (Wildman–Crippen MR) is 64.3 cm³/mol. The molecule has 0 spiro atoms. The Balaban J connectivity index is 2.57. The van der Waals surface area contributed by atoms with Crippen molar-refractivity contribution in [3.63, 3.8) is 0 Å². The van der Waals surface area contributed by atoms with Gasteiger partial charge in [0.25, 0.3) is 0 Å². The van der Waals surface area contributed by atoms with Gasteiger partial charge in [0.15, 0.2) is 0 Å². The van der Waals surface area contributed by atoms with E-state index in [1.165, 1.54) is 0 Å². The van der Waals surface area contributed by atoms with Gasteiger partial charge < -0.3 is 10.1 Å². The van der Waals surface area contributed by atoms with Crippen LogP contribution in [-0.2, 0) is 4.74 Å². The monoisotopic (exact) mass is 277 g/mol. The van der Waals surface area contributed by atoms with Crippen LogP contribution in [0.15, 0.2) is 0 Å². The van der Waals surface area contributed by atoms with Crippen LogP contribution in [0.1, 0.15) is 40.0 Å². The lowest BCUT2D eigenvalue weighted by atomic mass is 9.96. The molecule has 108 valence electrons. The first kappa shape index (κ1) is 15.7. The molecule has 1 N–H and O–H groups in total. The van der Waals surface area contributed by atoms with Gasteiger partial charge in [-0.05, 0) is 40.0 Å². The third-order valence-corrected chi connectivity index (χ3v) is 2.94. The van der Waals surface area contributed by atoms with Crippen LogP contribution in [0.5, 0.6) is 0 Å². The number of rotatable bonds is 3. The van der Waals surface area contributed by atoms with Gasteiger partial charge in [0.05, 0.1) is 11.5 Å². The van der Waals surface area contributed by atoms with E-state index in [1.807, 2.05) is 0 Å². The summed E-state index contributed by atoms with van der Waals surface area (Å²) in [5, 5.41) is 2.29. The summed E-state index contributed by atoms with van der Waals surface area (Å²) in [4.78, 5) is 11.5. The second-order valence-corrected chi connectivity index (χ2v) is 5.85. The summed E-state index contributed by atoms with van der Waals surface area (Å²) >= 11 is 0. The van der Waals surface area contributed by atoms with E-state index in [1.54, 1.807) is 20.8 Å². The van der Waals surface area contributed by atoms with Crippen molar-refractivity contribution >= 4 is 6.09 Å². The van der Waals surface area contributed by atoms with Crippen LogP contribution in [0.25, 0.3) is 0 Å². The van der Waals surface area contributed by atoms with E-state index in [4.69, 9.17) is 11.2 Å². The average Bonchev–Trinajstić information content (AvgIpc) is 2.93. The van der Waals surface area contributed by atoms with Gasteiger partial charge in [-0.1, -0.05) is 5.92 Å². The number of ether oxygens (including phenoxy) is 1. The van der Waals surface area contributed by atoms with Gasteiger partial charge in [0.2, 0.25) is 0 Å². The number of carbonyl (C=O) groups excluding carboxylic acids is 1. The van der Waals surface area contributed by atoms with Gasteiger partial charge in [-0.2, -0.15) is 13.2 Å². The molecule has 1 atom stereocenters. The van der Waals surface area contributed by atoms with Crippen molar-refractivity contribution < 1.29 is 22.7 Å². The van der Waals surface area contributed by atoms with Crippen molar-refractivity contribution in [2.45, 2.75) is 57.9 Å². The predicted octanol–water partition coefficient (Wildman–Crippen LogP) is 3.25. The van der Waals surface area contributed by atoms with Crippen molar-refractivity contribution in [3.8, 4) is 12.3 Å². The molecule has 0 unspecified atom stereocenters. The van der Waals surface area contributed by atoms with E-state index in [-0.39, 0.29) is 19.3 Å². The van der Waals surface area contributed by atoms with E-state index < -0.39 is 29.3 Å². The highest BCUT2D eigenvalue weighted by molar-refractivity contribution is 5.68. The molecule has 19 heavy (non-hydrogen) atoms. The van der Waals surface area contributed by atoms with E-state index in [0.29, 0.717) is 0 Å². The first-order chi connectivity index (χ1) is 8.49. The van der Waals surface area contributed by atoms with Crippen LogP contribution < -0.4 is 5.32 Å². The number of halogens is 3. The second kappa shape index (κ2) is 4.95. The minimum atomic E-state index is -4.28. The van der Waals surface area contributed by atoms with Crippen LogP contribution in [0.3, 0.4) is 0 Å². The van der Waals surface area contributed by atoms with Crippen LogP contribution in [0.4, 0.5) is 18.0 Å². The van der Waals surface area contributed by atoms with Gasteiger partial charge in [-0.3, -0.25) is 0 Å². The largest absolute Gasteiger partial charge is 0.444 e. The highest BCUT2D eigenvalue weighted by atomic mass is 19.4. The molecule has 1 fully saturated rings. The zero-order valence-corrected chi connectivity index (χ0v) is 11.2. The number of hydrogen-bond acceptors (Lipinski definition) is 2. The highest BCUT2D eigenvalue weighted by Gasteiger charge is 2.63. The van der Waals surface area contributed by atoms with Crippen LogP contribution >= 0.6 is 0 Å². The number of amides is 1. The summed E-state index contributed by atoms with van der Waals surface area (Å²) in [6.45, 7) is 4.99. The number of carbonyl (C=O) groups is 1. The summed E-state index contributed by atoms with van der Waals surface area (Å²) in [5.41, 5.74) is -2.45. The van der Waals surface area contributed by atoms with E-state index in [2.05, 4.69) is 11.2 Å². The number of alkyl carbamates (subject to hydrolysis) is 1. The molecule has 0 heterocycles. The fourth-order valence-electron chi connectivity index (χ4n) is 1.75. The zero-order valence-electron chi connectivity index (χ0n) is 11.2. The Morgan fingerprint density at radius 3 is 2.26 bits per heavy atom. The molecule has 1 saturated carbocycles. The lowest BCUT2D eigenvalue weighted by Gasteiger charge is -2.25. The molecule has 1 amide bonds. The van der Waals surface area contributed by atoms with Gasteiger partial charge in [0, 0.05) is 0 Å². The Bertz CT molecular complexity index is 386. The van der Waals surface area contributed by atoms with Gasteiger partial charge >= 0.3 is 12.3 Å². The molecule has 0 aromatic carbocycles. The zero-order chi connectivity index (χ0) is 14.9. The molecular formula is C13H18F3NO2. The van der Waals surface area contributed by atoms with Crippen LogP contribution in [0, 0.1) is 17.8 Å². The molecule has 3 nitrogen and oxygen atoms in total.